The van der Waals surface area contributed by atoms with E-state index >= 15 is 0 Å². The van der Waals surface area contributed by atoms with Crippen molar-refractivity contribution in [1.82, 2.24) is 4.72 Å². The van der Waals surface area contributed by atoms with Gasteiger partial charge >= 0.3 is 0 Å². The van der Waals surface area contributed by atoms with Crippen LogP contribution in [0.4, 0.5) is 0 Å². The summed E-state index contributed by atoms with van der Waals surface area (Å²) in [7, 11) is 0. The second kappa shape index (κ2) is 3.19. The molecule has 2 nitrogen and oxygen atoms in total. The smallest absolute Gasteiger partial charge is 0.230 e. The van der Waals surface area contributed by atoms with Gasteiger partial charge in [-0.05, 0) is 30.0 Å². The van der Waals surface area contributed by atoms with Gasteiger partial charge in [0, 0.05) is 11.3 Å². The Morgan fingerprint density at radius 1 is 1.25 bits per heavy atom. The van der Waals surface area contributed by atoms with Crippen LogP contribution in [0.2, 0.25) is 0 Å². The molecule has 0 radical (unpaired) electrons. The van der Waals surface area contributed by atoms with Crippen molar-refractivity contribution >= 4 is 17.9 Å². The van der Waals surface area contributed by atoms with Crippen molar-refractivity contribution in [3.8, 4) is 0 Å². The minimum Gasteiger partial charge on any atom is -0.296 e. The molecule has 0 saturated heterocycles. The van der Waals surface area contributed by atoms with Gasteiger partial charge in [-0.3, -0.25) is 9.52 Å². The van der Waals surface area contributed by atoms with Gasteiger partial charge in [0.15, 0.2) is 0 Å². The second-order valence-corrected chi connectivity index (χ2v) is 3.58. The zero-order valence-electron chi connectivity index (χ0n) is 6.54. The van der Waals surface area contributed by atoms with E-state index in [0.717, 1.165) is 6.42 Å². The van der Waals surface area contributed by atoms with E-state index in [2.05, 4.69) is 10.8 Å². The third-order valence-corrected chi connectivity index (χ3v) is 2.82. The monoisotopic (exact) mass is 179 g/mol. The second-order valence-electron chi connectivity index (χ2n) is 2.74. The molecule has 12 heavy (non-hydrogen) atoms. The molecule has 1 N–H and O–H groups in total. The minimum atomic E-state index is 0.121. The fraction of sp³-hybridized carbons (Fsp3) is 0.222. The maximum atomic E-state index is 11.0. The van der Waals surface area contributed by atoms with Gasteiger partial charge in [0.25, 0.3) is 0 Å². The zero-order valence-corrected chi connectivity index (χ0v) is 7.36. The molecule has 62 valence electrons. The number of rotatable bonds is 0. The Morgan fingerprint density at radius 2 is 2.08 bits per heavy atom. The average molecular weight is 179 g/mol. The van der Waals surface area contributed by atoms with Crippen LogP contribution < -0.4 is 4.72 Å². The Kier molecular flexibility index (Phi) is 2.04. The molecule has 1 aromatic rings. The van der Waals surface area contributed by atoms with Crippen LogP contribution in [0.25, 0.3) is 0 Å². The van der Waals surface area contributed by atoms with Gasteiger partial charge in [-0.15, -0.1) is 0 Å². The van der Waals surface area contributed by atoms with E-state index in [1.54, 1.807) is 0 Å². The highest BCUT2D eigenvalue weighted by Gasteiger charge is 2.11. The number of benzene rings is 1. The first-order valence-corrected chi connectivity index (χ1v) is 4.71. The first kappa shape index (κ1) is 7.68. The van der Waals surface area contributed by atoms with E-state index in [1.807, 2.05) is 18.2 Å². The van der Waals surface area contributed by atoms with Gasteiger partial charge in [-0.25, -0.2) is 0 Å². The first-order chi connectivity index (χ1) is 5.86. The Balaban J connectivity index is 2.32. The molecule has 1 aliphatic heterocycles. The van der Waals surface area contributed by atoms with E-state index in [0.29, 0.717) is 6.42 Å². The van der Waals surface area contributed by atoms with E-state index in [1.165, 1.54) is 22.4 Å². The number of fused-ring (bicyclic) bond motifs is 1. The van der Waals surface area contributed by atoms with Gasteiger partial charge in [-0.2, -0.15) is 0 Å². The average Bonchev–Trinajstić information content (AvgIpc) is 2.29. The van der Waals surface area contributed by atoms with Gasteiger partial charge in [0.1, 0.15) is 0 Å². The molecule has 0 atom stereocenters. The third kappa shape index (κ3) is 1.46. The number of hydrogen-bond donors (Lipinski definition) is 1. The topological polar surface area (TPSA) is 29.1 Å². The van der Waals surface area contributed by atoms with E-state index in [9.17, 15) is 4.79 Å². The van der Waals surface area contributed by atoms with Crippen LogP contribution in [0.1, 0.15) is 12.0 Å². The highest BCUT2D eigenvalue weighted by Crippen LogP contribution is 2.23. The fourth-order valence-corrected chi connectivity index (χ4v) is 1.99. The summed E-state index contributed by atoms with van der Waals surface area (Å²) in [6, 6.07) is 8.10. The number of aryl methyl sites for hydroxylation is 1. The van der Waals surface area contributed by atoms with Crippen molar-refractivity contribution in [1.29, 1.82) is 0 Å². The van der Waals surface area contributed by atoms with Crippen molar-refractivity contribution in [2.45, 2.75) is 17.7 Å². The Labute approximate surface area is 75.5 Å². The SMILES string of the molecule is O=C1CCc2ccccc2SN1. The summed E-state index contributed by atoms with van der Waals surface area (Å²) >= 11 is 1.42. The molecule has 0 aromatic heterocycles. The lowest BCUT2D eigenvalue weighted by Gasteiger charge is -2.00. The van der Waals surface area contributed by atoms with E-state index in [-0.39, 0.29) is 5.91 Å². The molecular weight excluding hydrogens is 170 g/mol. The van der Waals surface area contributed by atoms with Crippen LogP contribution in [-0.2, 0) is 11.2 Å². The molecule has 0 bridgehead atoms. The predicted molar refractivity (Wildman–Crippen MR) is 48.8 cm³/mol. The number of hydrogen-bond acceptors (Lipinski definition) is 2. The minimum absolute atomic E-state index is 0.121. The summed E-state index contributed by atoms with van der Waals surface area (Å²) in [6.45, 7) is 0. The molecule has 0 unspecified atom stereocenters. The van der Waals surface area contributed by atoms with Crippen LogP contribution in [0, 0.1) is 0 Å². The Morgan fingerprint density at radius 3 is 3.00 bits per heavy atom. The molecule has 1 aromatic carbocycles. The molecule has 1 heterocycles. The molecule has 0 saturated carbocycles. The lowest BCUT2D eigenvalue weighted by atomic mass is 10.1. The normalized spacial score (nSPS) is 16.2. The van der Waals surface area contributed by atoms with Crippen LogP contribution in [-0.4, -0.2) is 5.91 Å². The van der Waals surface area contributed by atoms with Gasteiger partial charge in [0.2, 0.25) is 5.91 Å². The van der Waals surface area contributed by atoms with Crippen molar-refractivity contribution in [2.24, 2.45) is 0 Å². The van der Waals surface area contributed by atoms with Crippen LogP contribution in [0.5, 0.6) is 0 Å². The Hall–Kier alpha value is -0.960. The van der Waals surface area contributed by atoms with Gasteiger partial charge < -0.3 is 0 Å². The zero-order chi connectivity index (χ0) is 8.39. The predicted octanol–water partition coefficient (Wildman–Crippen LogP) is 1.76. The summed E-state index contributed by atoms with van der Waals surface area (Å²) in [6.07, 6.45) is 1.46. The third-order valence-electron chi connectivity index (χ3n) is 1.87. The molecule has 3 heteroatoms. The molecule has 0 fully saturated rings. The van der Waals surface area contributed by atoms with Crippen molar-refractivity contribution in [3.05, 3.63) is 29.8 Å². The van der Waals surface area contributed by atoms with Crippen LogP contribution >= 0.6 is 11.9 Å². The Bertz CT molecular complexity index is 282. The number of amides is 1. The summed E-state index contributed by atoms with van der Waals surface area (Å²) in [4.78, 5) is 12.2. The molecule has 2 rings (SSSR count). The molecule has 1 amide bonds. The van der Waals surface area contributed by atoms with Crippen molar-refractivity contribution < 1.29 is 4.79 Å². The summed E-state index contributed by atoms with van der Waals surface area (Å²) in [5.41, 5.74) is 1.26. The standard InChI is InChI=1S/C9H9NOS/c11-9-6-5-7-3-1-2-4-8(7)12-10-9/h1-4H,5-6H2,(H,10,11). The molecular formula is C9H9NOS. The first-order valence-electron chi connectivity index (χ1n) is 3.90. The van der Waals surface area contributed by atoms with Crippen molar-refractivity contribution in [3.63, 3.8) is 0 Å². The molecule has 1 aliphatic rings. The van der Waals surface area contributed by atoms with Crippen LogP contribution in [0.15, 0.2) is 29.2 Å². The number of carbonyl (C=O) groups excluding carboxylic acids is 1. The lowest BCUT2D eigenvalue weighted by Crippen LogP contribution is -2.12. The molecule has 0 spiro atoms. The van der Waals surface area contributed by atoms with Gasteiger partial charge in [-0.1, -0.05) is 18.2 Å². The summed E-state index contributed by atoms with van der Waals surface area (Å²) in [5.74, 6) is 0.121. The van der Waals surface area contributed by atoms with Gasteiger partial charge in [0.05, 0.1) is 0 Å². The molecule has 0 aliphatic carbocycles. The largest absolute Gasteiger partial charge is 0.296 e. The number of nitrogens with one attached hydrogen (secondary N) is 1. The maximum absolute atomic E-state index is 11.0. The van der Waals surface area contributed by atoms with E-state index < -0.39 is 0 Å². The highest BCUT2D eigenvalue weighted by atomic mass is 32.2. The van der Waals surface area contributed by atoms with Crippen LogP contribution in [0.3, 0.4) is 0 Å². The number of carbonyl (C=O) groups is 1. The summed E-state index contributed by atoms with van der Waals surface area (Å²) in [5, 5.41) is 0. The maximum Gasteiger partial charge on any atom is 0.230 e. The van der Waals surface area contributed by atoms with Crippen molar-refractivity contribution in [2.75, 3.05) is 0 Å². The highest BCUT2D eigenvalue weighted by molar-refractivity contribution is 7.98. The lowest BCUT2D eigenvalue weighted by molar-refractivity contribution is -0.119. The van der Waals surface area contributed by atoms with E-state index in [4.69, 9.17) is 0 Å². The quantitative estimate of drug-likeness (QED) is 0.615. The summed E-state index contributed by atoms with van der Waals surface area (Å²) < 4.78 is 2.78. The fourth-order valence-electron chi connectivity index (χ4n) is 1.22.